The Morgan fingerprint density at radius 3 is 2.48 bits per heavy atom. The first kappa shape index (κ1) is 17.5. The van der Waals surface area contributed by atoms with Crippen molar-refractivity contribution in [2.75, 3.05) is 37.6 Å². The number of aryl methyl sites for hydroxylation is 1. The van der Waals surface area contributed by atoms with E-state index in [4.69, 9.17) is 0 Å². The molecule has 1 fully saturated rings. The molecule has 140 valence electrons. The highest BCUT2D eigenvalue weighted by Crippen LogP contribution is 2.17. The summed E-state index contributed by atoms with van der Waals surface area (Å²) >= 11 is 0. The number of fused-ring (bicyclic) bond motifs is 1. The van der Waals surface area contributed by atoms with Gasteiger partial charge in [0.25, 0.3) is 5.56 Å². The number of anilines is 1. The van der Waals surface area contributed by atoms with Gasteiger partial charge in [-0.1, -0.05) is 24.3 Å². The van der Waals surface area contributed by atoms with E-state index in [0.717, 1.165) is 26.2 Å². The Labute approximate surface area is 157 Å². The van der Waals surface area contributed by atoms with Crippen LogP contribution in [0, 0.1) is 6.92 Å². The summed E-state index contributed by atoms with van der Waals surface area (Å²) in [5, 5.41) is 0.557. The van der Waals surface area contributed by atoms with Gasteiger partial charge in [0.1, 0.15) is 0 Å². The Morgan fingerprint density at radius 1 is 0.926 bits per heavy atom. The van der Waals surface area contributed by atoms with Gasteiger partial charge in [0.15, 0.2) is 0 Å². The van der Waals surface area contributed by atoms with Crippen LogP contribution in [0.25, 0.3) is 10.9 Å². The van der Waals surface area contributed by atoms with Gasteiger partial charge in [0.05, 0.1) is 10.9 Å². The molecule has 0 bridgehead atoms. The van der Waals surface area contributed by atoms with Crippen LogP contribution in [0.2, 0.25) is 0 Å². The van der Waals surface area contributed by atoms with Crippen LogP contribution in [0.4, 0.5) is 5.69 Å². The number of aromatic nitrogens is 2. The topological polar surface area (TPSA) is 61.3 Å². The molecular weight excluding hydrogens is 340 g/mol. The predicted molar refractivity (Wildman–Crippen MR) is 109 cm³/mol. The molecule has 3 aromatic rings. The third kappa shape index (κ3) is 3.66. The number of nitrogens with zero attached hydrogens (tertiary/aromatic N) is 3. The molecule has 0 amide bonds. The second kappa shape index (κ2) is 7.40. The highest BCUT2D eigenvalue weighted by atomic mass is 16.2. The quantitative estimate of drug-likeness (QED) is 0.767. The van der Waals surface area contributed by atoms with Crippen LogP contribution in [-0.2, 0) is 6.54 Å². The van der Waals surface area contributed by atoms with Crippen LogP contribution in [0.5, 0.6) is 0 Å². The summed E-state index contributed by atoms with van der Waals surface area (Å²) in [7, 11) is 0. The van der Waals surface area contributed by atoms with Crippen molar-refractivity contribution in [2.24, 2.45) is 0 Å². The summed E-state index contributed by atoms with van der Waals surface area (Å²) in [6, 6.07) is 15.7. The molecule has 0 atom stereocenters. The number of aromatic amines is 1. The molecule has 0 unspecified atom stereocenters. The van der Waals surface area contributed by atoms with Gasteiger partial charge < -0.3 is 9.88 Å². The average molecular weight is 364 g/mol. The van der Waals surface area contributed by atoms with Crippen LogP contribution in [0.1, 0.15) is 5.56 Å². The SMILES string of the molecule is Cc1cccc(N2CCN(CCn3c(=O)[nH]c4ccccc4c3=O)CC2)c1. The summed E-state index contributed by atoms with van der Waals surface area (Å²) in [4.78, 5) is 32.4. The zero-order valence-electron chi connectivity index (χ0n) is 15.5. The number of hydrogen-bond acceptors (Lipinski definition) is 4. The van der Waals surface area contributed by atoms with Gasteiger partial charge in [0.2, 0.25) is 0 Å². The third-order valence-electron chi connectivity index (χ3n) is 5.27. The van der Waals surface area contributed by atoms with Gasteiger partial charge in [-0.3, -0.25) is 14.3 Å². The molecule has 6 nitrogen and oxygen atoms in total. The number of H-pyrrole nitrogens is 1. The maximum atomic E-state index is 12.6. The number of nitrogens with one attached hydrogen (secondary N) is 1. The van der Waals surface area contributed by atoms with Gasteiger partial charge in [-0.25, -0.2) is 4.79 Å². The van der Waals surface area contributed by atoms with Crippen molar-refractivity contribution in [2.45, 2.75) is 13.5 Å². The lowest BCUT2D eigenvalue weighted by Crippen LogP contribution is -2.48. The standard InChI is InChI=1S/C21H24N4O2/c1-16-5-4-6-17(15-16)24-12-9-23(10-13-24)11-14-25-20(26)18-7-2-3-8-19(18)22-21(25)27/h2-8,15H,9-14H2,1H3,(H,22,27). The highest BCUT2D eigenvalue weighted by molar-refractivity contribution is 5.76. The van der Waals surface area contributed by atoms with Gasteiger partial charge in [0, 0.05) is 45.0 Å². The number of para-hydroxylation sites is 1. The normalized spacial score (nSPS) is 15.4. The Hall–Kier alpha value is -2.86. The number of hydrogen-bond donors (Lipinski definition) is 1. The smallest absolute Gasteiger partial charge is 0.328 e. The van der Waals surface area contributed by atoms with Gasteiger partial charge >= 0.3 is 5.69 Å². The number of rotatable bonds is 4. The summed E-state index contributed by atoms with van der Waals surface area (Å²) in [5.74, 6) is 0. The molecule has 2 aromatic carbocycles. The van der Waals surface area contributed by atoms with E-state index < -0.39 is 0 Å². The zero-order valence-corrected chi connectivity index (χ0v) is 15.5. The molecule has 1 aliphatic heterocycles. The van der Waals surface area contributed by atoms with E-state index in [0.29, 0.717) is 24.0 Å². The van der Waals surface area contributed by atoms with Crippen molar-refractivity contribution in [3.63, 3.8) is 0 Å². The Kier molecular flexibility index (Phi) is 4.81. The minimum atomic E-state index is -0.336. The first-order valence-corrected chi connectivity index (χ1v) is 9.38. The molecule has 0 spiro atoms. The van der Waals surface area contributed by atoms with Crippen molar-refractivity contribution in [3.8, 4) is 0 Å². The maximum absolute atomic E-state index is 12.6. The van der Waals surface area contributed by atoms with E-state index in [9.17, 15) is 9.59 Å². The van der Waals surface area contributed by atoms with Gasteiger partial charge in [-0.15, -0.1) is 0 Å². The minimum Gasteiger partial charge on any atom is -0.369 e. The summed E-state index contributed by atoms with van der Waals surface area (Å²) in [5.41, 5.74) is 2.57. The fraction of sp³-hybridized carbons (Fsp3) is 0.333. The second-order valence-corrected chi connectivity index (χ2v) is 7.10. The van der Waals surface area contributed by atoms with Crippen molar-refractivity contribution < 1.29 is 0 Å². The largest absolute Gasteiger partial charge is 0.369 e. The molecule has 1 aromatic heterocycles. The molecule has 0 radical (unpaired) electrons. The van der Waals surface area contributed by atoms with E-state index in [1.54, 1.807) is 12.1 Å². The van der Waals surface area contributed by atoms with Crippen LogP contribution in [0.3, 0.4) is 0 Å². The lowest BCUT2D eigenvalue weighted by Gasteiger charge is -2.36. The number of benzene rings is 2. The van der Waals surface area contributed by atoms with E-state index in [1.165, 1.54) is 15.8 Å². The predicted octanol–water partition coefficient (Wildman–Crippen LogP) is 1.82. The number of piperazine rings is 1. The van der Waals surface area contributed by atoms with Crippen molar-refractivity contribution in [1.82, 2.24) is 14.5 Å². The van der Waals surface area contributed by atoms with Crippen molar-refractivity contribution in [1.29, 1.82) is 0 Å². The second-order valence-electron chi connectivity index (χ2n) is 7.10. The molecule has 0 aliphatic carbocycles. The van der Waals surface area contributed by atoms with Crippen molar-refractivity contribution in [3.05, 3.63) is 74.9 Å². The average Bonchev–Trinajstić information content (AvgIpc) is 2.68. The van der Waals surface area contributed by atoms with Gasteiger partial charge in [-0.05, 0) is 36.8 Å². The Balaban J connectivity index is 1.41. The van der Waals surface area contributed by atoms with Crippen LogP contribution in [-0.4, -0.2) is 47.2 Å². The zero-order chi connectivity index (χ0) is 18.8. The summed E-state index contributed by atoms with van der Waals surface area (Å²) < 4.78 is 1.31. The molecule has 0 saturated carbocycles. The fourth-order valence-electron chi connectivity index (χ4n) is 3.70. The molecular formula is C21H24N4O2. The lowest BCUT2D eigenvalue weighted by molar-refractivity contribution is 0.246. The van der Waals surface area contributed by atoms with Crippen LogP contribution >= 0.6 is 0 Å². The Morgan fingerprint density at radius 2 is 1.70 bits per heavy atom. The summed E-state index contributed by atoms with van der Waals surface area (Å²) in [6.45, 7) is 6.96. The molecule has 6 heteroatoms. The first-order valence-electron chi connectivity index (χ1n) is 9.38. The van der Waals surface area contributed by atoms with Crippen LogP contribution < -0.4 is 16.1 Å². The summed E-state index contributed by atoms with van der Waals surface area (Å²) in [6.07, 6.45) is 0. The lowest BCUT2D eigenvalue weighted by atomic mass is 10.2. The van der Waals surface area contributed by atoms with E-state index in [1.807, 2.05) is 12.1 Å². The highest BCUT2D eigenvalue weighted by Gasteiger charge is 2.17. The molecule has 2 heterocycles. The van der Waals surface area contributed by atoms with Gasteiger partial charge in [-0.2, -0.15) is 0 Å². The van der Waals surface area contributed by atoms with E-state index >= 15 is 0 Å². The monoisotopic (exact) mass is 364 g/mol. The van der Waals surface area contributed by atoms with Crippen molar-refractivity contribution >= 4 is 16.6 Å². The molecule has 4 rings (SSSR count). The first-order chi connectivity index (χ1) is 13.1. The van der Waals surface area contributed by atoms with E-state index in [-0.39, 0.29) is 11.2 Å². The maximum Gasteiger partial charge on any atom is 0.328 e. The Bertz CT molecular complexity index is 1060. The molecule has 1 aliphatic rings. The minimum absolute atomic E-state index is 0.215. The molecule has 1 saturated heterocycles. The molecule has 1 N–H and O–H groups in total. The van der Waals surface area contributed by atoms with Crippen LogP contribution in [0.15, 0.2) is 58.1 Å². The fourth-order valence-corrected chi connectivity index (χ4v) is 3.70. The van der Waals surface area contributed by atoms with E-state index in [2.05, 4.69) is 46.0 Å². The molecule has 27 heavy (non-hydrogen) atoms. The third-order valence-corrected chi connectivity index (χ3v) is 5.27.